The molecule has 3 aromatic carbocycles. The molecule has 10 fully saturated rings. The predicted octanol–water partition coefficient (Wildman–Crippen LogP) is 10.7. The highest BCUT2D eigenvalue weighted by Crippen LogP contribution is 2.41. The number of hydrogen-bond donors (Lipinski definition) is 3. The van der Waals surface area contributed by atoms with Crippen LogP contribution in [-0.2, 0) is 14.6 Å². The van der Waals surface area contributed by atoms with E-state index >= 15 is 0 Å². The first-order chi connectivity index (χ1) is 56.6. The van der Waals surface area contributed by atoms with Crippen molar-refractivity contribution in [3.63, 3.8) is 0 Å². The average molecular weight is 1630 g/mol. The number of hydrogen-bond acceptors (Lipinski definition) is 28. The lowest BCUT2D eigenvalue weighted by atomic mass is 10.0. The summed E-state index contributed by atoms with van der Waals surface area (Å²) in [6.45, 7) is 36.1. The van der Waals surface area contributed by atoms with Gasteiger partial charge in [0.25, 0.3) is 0 Å². The number of aromatic nitrogens is 6. The second-order valence-corrected chi connectivity index (χ2v) is 36.8. The number of morpholine rings is 1. The monoisotopic (exact) mass is 1620 g/mol. The molecule has 9 aliphatic heterocycles. The van der Waals surface area contributed by atoms with Gasteiger partial charge in [-0.2, -0.15) is 15.0 Å². The Labute approximate surface area is 691 Å². The van der Waals surface area contributed by atoms with Gasteiger partial charge in [-0.1, -0.05) is 6.42 Å². The first kappa shape index (κ1) is 85.3. The molecule has 0 spiro atoms. The minimum Gasteiger partial charge on any atom is -0.493 e. The summed E-state index contributed by atoms with van der Waals surface area (Å²) < 4.78 is 65.8. The van der Waals surface area contributed by atoms with E-state index in [0.717, 1.165) is 253 Å². The number of rotatable bonds is 30. The highest BCUT2D eigenvalue weighted by atomic mass is 32.2. The summed E-state index contributed by atoms with van der Waals surface area (Å²) in [7, 11) is 4.29. The number of likely N-dealkylation sites (tertiary alicyclic amines) is 6. The molecule has 116 heavy (non-hydrogen) atoms. The van der Waals surface area contributed by atoms with Gasteiger partial charge in [0.1, 0.15) is 17.5 Å². The standard InChI is InChI=1S/C31H51N7O2.C28H42N6O4S.C28H44N6O3/c1-24(2)37-17-10-25(11-18-37)32-30-26-22-28(39-4)29(40-21-9-15-36-13-6-5-7-14-36)23-27(26)33-31(34-30)38-16-8-12-35(3)19-20-38;1-37-25-19-23-24(20-26(25)38-16-4-11-32-9-2-3-10-32)30-28(34-14-17-39(35,36)18-15-34)31-27(23)29-21-7-12-33(13-8-21)22-5-6-22;1-21(2)33-12-7-22(8-13-33)29-27-23-19-25(35-3)26(37-16-6-11-32-9-4-5-10-32)20-24(23)30-28(31-27)34-14-17-36-18-15-34/h22-25H,5-21H2,1-4H3,(H,32,33,34);19-22H,2-18H2,1H3,(H,29,30,31);19-22H,4-18H2,1-3H3,(H,29,30,31). The molecular weight excluding hydrogens is 1490 g/mol. The molecule has 3 aromatic heterocycles. The zero-order valence-electron chi connectivity index (χ0n) is 71.3. The summed E-state index contributed by atoms with van der Waals surface area (Å²) in [5.74, 6) is 9.33. The van der Waals surface area contributed by atoms with Crippen LogP contribution in [0.4, 0.5) is 35.3 Å². The van der Waals surface area contributed by atoms with Gasteiger partial charge in [0, 0.05) is 175 Å². The number of nitrogens with one attached hydrogen (secondary N) is 3. The number of nitrogens with zero attached hydrogens (tertiary/aromatic N) is 16. The molecule has 29 heteroatoms. The highest BCUT2D eigenvalue weighted by Gasteiger charge is 2.34. The van der Waals surface area contributed by atoms with E-state index in [2.05, 4.69) is 107 Å². The third-order valence-electron chi connectivity index (χ3n) is 25.4. The van der Waals surface area contributed by atoms with Crippen LogP contribution >= 0.6 is 0 Å². The Bertz CT molecular complexity index is 4180. The molecule has 16 rings (SSSR count). The first-order valence-electron chi connectivity index (χ1n) is 44.6. The number of sulfone groups is 1. The number of ether oxygens (including phenoxy) is 7. The van der Waals surface area contributed by atoms with Crippen LogP contribution in [0.2, 0.25) is 0 Å². The van der Waals surface area contributed by atoms with E-state index in [9.17, 15) is 8.42 Å². The molecular formula is C87H137N19O9S. The van der Waals surface area contributed by atoms with Crippen molar-refractivity contribution in [3.8, 4) is 34.5 Å². The summed E-state index contributed by atoms with van der Waals surface area (Å²) in [4.78, 5) is 54.3. The van der Waals surface area contributed by atoms with Crippen molar-refractivity contribution < 1.29 is 41.6 Å². The Hall–Kier alpha value is -7.09. The normalized spacial score (nSPS) is 21.2. The Morgan fingerprint density at radius 1 is 0.397 bits per heavy atom. The van der Waals surface area contributed by atoms with Crippen molar-refractivity contribution >= 4 is 77.8 Å². The molecule has 6 aromatic rings. The quantitative estimate of drug-likeness (QED) is 0.0355. The average Bonchev–Trinajstić information content (AvgIpc) is 1.05. The fraction of sp³-hybridized carbons (Fsp3) is 0.724. The minimum atomic E-state index is -3.00. The predicted molar refractivity (Wildman–Crippen MR) is 466 cm³/mol. The van der Waals surface area contributed by atoms with E-state index in [1.807, 2.05) is 29.2 Å². The summed E-state index contributed by atoms with van der Waals surface area (Å²) >= 11 is 0. The number of fused-ring (bicyclic) bond motifs is 3. The zero-order valence-corrected chi connectivity index (χ0v) is 72.1. The van der Waals surface area contributed by atoms with E-state index in [1.54, 1.807) is 21.3 Å². The van der Waals surface area contributed by atoms with Crippen LogP contribution in [0.1, 0.15) is 150 Å². The SMILES string of the molecule is COc1cc2c(NC3CCN(C(C)C)CC3)nc(N3CCCN(C)CC3)nc2cc1OCCCN1CCCCC1.COc1cc2c(NC3CCN(C(C)C)CC3)nc(N3CCOCC3)nc2cc1OCCCN1CCCC1.COc1cc2c(NC3CCN(C4CC4)CC3)nc(N3CCS(=O)(=O)CC3)nc2cc1OCCCN1CCCC1. The first-order valence-corrected chi connectivity index (χ1v) is 46.4. The van der Waals surface area contributed by atoms with Gasteiger partial charge in [-0.15, -0.1) is 0 Å². The van der Waals surface area contributed by atoms with Crippen LogP contribution in [0.3, 0.4) is 0 Å². The van der Waals surface area contributed by atoms with Crippen molar-refractivity contribution in [2.45, 2.75) is 186 Å². The van der Waals surface area contributed by atoms with Gasteiger partial charge in [0.2, 0.25) is 17.8 Å². The van der Waals surface area contributed by atoms with Gasteiger partial charge < -0.3 is 98.1 Å². The van der Waals surface area contributed by atoms with Crippen molar-refractivity contribution in [3.05, 3.63) is 36.4 Å². The molecule has 12 heterocycles. The Morgan fingerprint density at radius 3 is 1.13 bits per heavy atom. The molecule has 1 aliphatic carbocycles. The smallest absolute Gasteiger partial charge is 0.228 e. The Kier molecular flexibility index (Phi) is 30.7. The molecule has 9 saturated heterocycles. The second-order valence-electron chi connectivity index (χ2n) is 34.4. The van der Waals surface area contributed by atoms with Crippen molar-refractivity contribution in [2.24, 2.45) is 0 Å². The third-order valence-corrected chi connectivity index (χ3v) is 27.1. The Morgan fingerprint density at radius 2 is 0.759 bits per heavy atom. The summed E-state index contributed by atoms with van der Waals surface area (Å²) in [6, 6.07) is 15.2. The topological polar surface area (TPSA) is 245 Å². The lowest BCUT2D eigenvalue weighted by molar-refractivity contribution is 0.122. The van der Waals surface area contributed by atoms with Gasteiger partial charge in [0.05, 0.1) is 82.4 Å². The summed E-state index contributed by atoms with van der Waals surface area (Å²) in [5, 5.41) is 14.2. The molecule has 0 amide bonds. The van der Waals surface area contributed by atoms with E-state index in [0.29, 0.717) is 93.8 Å². The van der Waals surface area contributed by atoms with Crippen molar-refractivity contribution in [1.82, 2.24) is 64.2 Å². The largest absolute Gasteiger partial charge is 0.493 e. The zero-order chi connectivity index (χ0) is 80.3. The van der Waals surface area contributed by atoms with Gasteiger partial charge in [-0.25, -0.2) is 23.4 Å². The number of benzene rings is 3. The van der Waals surface area contributed by atoms with Crippen LogP contribution < -0.4 is 59.1 Å². The van der Waals surface area contributed by atoms with E-state index in [1.165, 1.54) is 97.1 Å². The van der Waals surface area contributed by atoms with Gasteiger partial charge in [-0.05, 0) is 214 Å². The number of piperidine rings is 4. The Balaban J connectivity index is 0.000000144. The molecule has 0 bridgehead atoms. The molecule has 10 aliphatic rings. The maximum atomic E-state index is 12.1. The number of likely N-dealkylation sites (N-methyl/N-ethyl adjacent to an activating group) is 1. The fourth-order valence-corrected chi connectivity index (χ4v) is 19.2. The lowest BCUT2D eigenvalue weighted by Gasteiger charge is -2.35. The molecule has 0 unspecified atom stereocenters. The van der Waals surface area contributed by atoms with Crippen LogP contribution in [0, 0.1) is 0 Å². The molecule has 0 radical (unpaired) electrons. The molecule has 3 N–H and O–H groups in total. The molecule has 0 atom stereocenters. The van der Waals surface area contributed by atoms with Crippen LogP contribution in [0.5, 0.6) is 34.5 Å². The van der Waals surface area contributed by atoms with E-state index in [4.69, 9.17) is 63.1 Å². The van der Waals surface area contributed by atoms with E-state index in [-0.39, 0.29) is 11.5 Å². The second kappa shape index (κ2) is 41.7. The molecule has 640 valence electrons. The molecule has 28 nitrogen and oxygen atoms in total. The number of anilines is 6. The van der Waals surface area contributed by atoms with Crippen molar-refractivity contribution in [2.75, 3.05) is 254 Å². The number of methoxy groups -OCH3 is 3. The van der Waals surface area contributed by atoms with Crippen LogP contribution in [0.15, 0.2) is 36.4 Å². The molecule has 1 saturated carbocycles. The van der Waals surface area contributed by atoms with Gasteiger partial charge in [-0.3, -0.25) is 0 Å². The fourth-order valence-electron chi connectivity index (χ4n) is 18.0. The van der Waals surface area contributed by atoms with Gasteiger partial charge >= 0.3 is 0 Å². The highest BCUT2D eigenvalue weighted by molar-refractivity contribution is 7.91. The van der Waals surface area contributed by atoms with Crippen LogP contribution in [0.25, 0.3) is 32.7 Å². The maximum absolute atomic E-state index is 12.1. The minimum absolute atomic E-state index is 0.130. The third kappa shape index (κ3) is 23.5. The lowest BCUT2D eigenvalue weighted by Crippen LogP contribution is -2.42. The maximum Gasteiger partial charge on any atom is 0.228 e. The van der Waals surface area contributed by atoms with Crippen molar-refractivity contribution in [1.29, 1.82) is 0 Å². The van der Waals surface area contributed by atoms with Crippen LogP contribution in [-0.4, -0.2) is 332 Å². The summed E-state index contributed by atoms with van der Waals surface area (Å²) in [5.41, 5.74) is 2.58. The van der Waals surface area contributed by atoms with Gasteiger partial charge in [0.15, 0.2) is 44.3 Å². The van der Waals surface area contributed by atoms with E-state index < -0.39 is 9.84 Å². The summed E-state index contributed by atoms with van der Waals surface area (Å²) in [6.07, 6.45) is 22.6.